The molecule has 2 aromatic rings. The zero-order chi connectivity index (χ0) is 18.8. The highest BCUT2D eigenvalue weighted by molar-refractivity contribution is 5.84. The van der Waals surface area contributed by atoms with E-state index in [1.54, 1.807) is 25.6 Å². The van der Waals surface area contributed by atoms with Crippen LogP contribution in [-0.4, -0.2) is 30.8 Å². The van der Waals surface area contributed by atoms with Crippen LogP contribution in [-0.2, 0) is 11.3 Å². The molecule has 0 radical (unpaired) electrons. The lowest BCUT2D eigenvalue weighted by Gasteiger charge is -2.26. The van der Waals surface area contributed by atoms with Crippen molar-refractivity contribution in [2.24, 2.45) is 4.99 Å². The van der Waals surface area contributed by atoms with Crippen molar-refractivity contribution in [3.63, 3.8) is 0 Å². The molecule has 1 saturated heterocycles. The first-order chi connectivity index (χ1) is 13.2. The van der Waals surface area contributed by atoms with Gasteiger partial charge in [-0.15, -0.1) is 0 Å². The summed E-state index contributed by atoms with van der Waals surface area (Å²) in [4.78, 5) is 20.6. The second kappa shape index (κ2) is 7.32. The maximum atomic E-state index is 13.5. The Labute approximate surface area is 157 Å². The van der Waals surface area contributed by atoms with E-state index in [2.05, 4.69) is 4.99 Å². The minimum Gasteiger partial charge on any atom is -0.496 e. The van der Waals surface area contributed by atoms with Crippen LogP contribution >= 0.6 is 0 Å². The molecule has 2 unspecified atom stereocenters. The van der Waals surface area contributed by atoms with Gasteiger partial charge in [0.15, 0.2) is 6.34 Å². The minimum atomic E-state index is -0.457. The van der Waals surface area contributed by atoms with E-state index in [1.807, 2.05) is 35.4 Å². The lowest BCUT2D eigenvalue weighted by Crippen LogP contribution is -3.09. The van der Waals surface area contributed by atoms with Gasteiger partial charge in [0.05, 0.1) is 18.9 Å². The number of para-hydroxylation sites is 1. The molecule has 2 aliphatic heterocycles. The van der Waals surface area contributed by atoms with Crippen molar-refractivity contribution in [1.29, 1.82) is 0 Å². The zero-order valence-corrected chi connectivity index (χ0v) is 15.1. The Kier molecular flexibility index (Phi) is 4.73. The third kappa shape index (κ3) is 3.36. The van der Waals surface area contributed by atoms with Gasteiger partial charge < -0.3 is 9.64 Å². The average molecular weight is 366 g/mol. The van der Waals surface area contributed by atoms with E-state index in [0.29, 0.717) is 18.8 Å². The topological polar surface area (TPSA) is 46.3 Å². The Hall–Kier alpha value is -2.99. The predicted molar refractivity (Wildman–Crippen MR) is 99.7 cm³/mol. The number of halogens is 1. The van der Waals surface area contributed by atoms with Crippen LogP contribution in [0.2, 0.25) is 0 Å². The number of fused-ring (bicyclic) bond motifs is 1. The molecule has 27 heavy (non-hydrogen) atoms. The van der Waals surface area contributed by atoms with Crippen LogP contribution in [0.5, 0.6) is 5.75 Å². The van der Waals surface area contributed by atoms with Gasteiger partial charge in [0.2, 0.25) is 6.04 Å². The van der Waals surface area contributed by atoms with Crippen molar-refractivity contribution in [3.05, 3.63) is 77.4 Å². The van der Waals surface area contributed by atoms with E-state index >= 15 is 0 Å². The zero-order valence-electron chi connectivity index (χ0n) is 15.1. The molecule has 6 heteroatoms. The van der Waals surface area contributed by atoms with E-state index in [-0.39, 0.29) is 11.7 Å². The van der Waals surface area contributed by atoms with Gasteiger partial charge in [-0.25, -0.2) is 14.3 Å². The smallest absolute Gasteiger partial charge is 0.287 e. The number of carbonyl (C=O) groups excluding carboxylic acids is 1. The van der Waals surface area contributed by atoms with Gasteiger partial charge in [-0.05, 0) is 29.8 Å². The summed E-state index contributed by atoms with van der Waals surface area (Å²) in [6.45, 7) is 1.04. The number of nitrogens with zero attached hydrogens (tertiary/aromatic N) is 2. The Balaban J connectivity index is 1.70. The number of quaternary nitrogens is 1. The molecule has 1 amide bonds. The Morgan fingerprint density at radius 2 is 2.00 bits per heavy atom. The van der Waals surface area contributed by atoms with Crippen LogP contribution in [0.4, 0.5) is 4.39 Å². The third-order valence-corrected chi connectivity index (χ3v) is 5.07. The highest BCUT2D eigenvalue weighted by Crippen LogP contribution is 2.27. The number of ether oxygens (including phenoxy) is 1. The molecule has 0 aliphatic carbocycles. The number of hydrogen-bond acceptors (Lipinski definition) is 3. The molecular formula is C21H21FN3O2+. The fourth-order valence-corrected chi connectivity index (χ4v) is 3.69. The number of rotatable bonds is 4. The number of benzene rings is 2. The molecule has 1 fully saturated rings. The van der Waals surface area contributed by atoms with Gasteiger partial charge in [0.25, 0.3) is 5.91 Å². The van der Waals surface area contributed by atoms with Gasteiger partial charge in [0, 0.05) is 19.5 Å². The molecule has 2 atom stereocenters. The SMILES string of the molecule is COc1ccccc1C1C(=O)N(Cc2ccc(F)cc2)CCC2=CN=C[NH+]21. The minimum absolute atomic E-state index is 0.00979. The average Bonchev–Trinajstić information content (AvgIpc) is 3.10. The van der Waals surface area contributed by atoms with Crippen molar-refractivity contribution < 1.29 is 18.8 Å². The molecule has 138 valence electrons. The Morgan fingerprint density at radius 3 is 2.78 bits per heavy atom. The summed E-state index contributed by atoms with van der Waals surface area (Å²) >= 11 is 0. The van der Waals surface area contributed by atoms with Crippen molar-refractivity contribution in [2.75, 3.05) is 13.7 Å². The van der Waals surface area contributed by atoms with E-state index in [4.69, 9.17) is 4.74 Å². The number of methoxy groups -OCH3 is 1. The molecule has 2 aliphatic rings. The molecule has 5 nitrogen and oxygen atoms in total. The van der Waals surface area contributed by atoms with Gasteiger partial charge in [-0.2, -0.15) is 0 Å². The van der Waals surface area contributed by atoms with E-state index in [0.717, 1.165) is 28.1 Å². The molecule has 0 aromatic heterocycles. The lowest BCUT2D eigenvalue weighted by atomic mass is 10.0. The summed E-state index contributed by atoms with van der Waals surface area (Å²) in [5.41, 5.74) is 2.83. The second-order valence-corrected chi connectivity index (χ2v) is 6.70. The summed E-state index contributed by atoms with van der Waals surface area (Å²) in [7, 11) is 1.61. The van der Waals surface area contributed by atoms with Crippen molar-refractivity contribution in [1.82, 2.24) is 4.90 Å². The highest BCUT2D eigenvalue weighted by atomic mass is 19.1. The summed E-state index contributed by atoms with van der Waals surface area (Å²) in [5, 5.41) is 0. The first-order valence-electron chi connectivity index (χ1n) is 8.93. The fraction of sp³-hybridized carbons (Fsp3) is 0.238. The maximum Gasteiger partial charge on any atom is 0.287 e. The molecule has 0 saturated carbocycles. The van der Waals surface area contributed by atoms with E-state index in [1.165, 1.54) is 12.1 Å². The lowest BCUT2D eigenvalue weighted by molar-refractivity contribution is -0.779. The second-order valence-electron chi connectivity index (χ2n) is 6.70. The number of carbonyl (C=O) groups is 1. The molecule has 0 spiro atoms. The molecule has 2 aromatic carbocycles. The Bertz CT molecular complexity index is 908. The summed E-state index contributed by atoms with van der Waals surface area (Å²) in [5.74, 6) is 0.418. The standard InChI is InChI=1S/C21H20FN3O2/c1-27-19-5-3-2-4-18(19)20-21(26)24(11-10-17-12-23-14-25(17)20)13-15-6-8-16(22)9-7-15/h2-9,12,14,20H,10-11,13H2,1H3/p+1. The summed E-state index contributed by atoms with van der Waals surface area (Å²) < 4.78 is 18.7. The monoisotopic (exact) mass is 366 g/mol. The number of amides is 1. The molecular weight excluding hydrogens is 345 g/mol. The maximum absolute atomic E-state index is 13.5. The van der Waals surface area contributed by atoms with E-state index in [9.17, 15) is 9.18 Å². The van der Waals surface area contributed by atoms with Crippen LogP contribution < -0.4 is 9.64 Å². The quantitative estimate of drug-likeness (QED) is 0.901. The largest absolute Gasteiger partial charge is 0.496 e. The van der Waals surface area contributed by atoms with Gasteiger partial charge in [-0.3, -0.25) is 4.79 Å². The number of aliphatic imine (C=N–C) groups is 1. The normalized spacial score (nSPS) is 21.6. The molecule has 0 bridgehead atoms. The van der Waals surface area contributed by atoms with Crippen LogP contribution in [0, 0.1) is 5.82 Å². The first kappa shape index (κ1) is 17.4. The van der Waals surface area contributed by atoms with Crippen LogP contribution in [0.15, 0.2) is 65.4 Å². The number of nitrogens with one attached hydrogen (secondary N) is 1. The first-order valence-corrected chi connectivity index (χ1v) is 8.93. The van der Waals surface area contributed by atoms with Gasteiger partial charge in [-0.1, -0.05) is 24.3 Å². The molecule has 2 heterocycles. The van der Waals surface area contributed by atoms with Crippen LogP contribution in [0.1, 0.15) is 23.6 Å². The van der Waals surface area contributed by atoms with Crippen molar-refractivity contribution in [2.45, 2.75) is 19.0 Å². The highest BCUT2D eigenvalue weighted by Gasteiger charge is 2.42. The van der Waals surface area contributed by atoms with Crippen molar-refractivity contribution >= 4 is 12.2 Å². The van der Waals surface area contributed by atoms with Crippen molar-refractivity contribution in [3.8, 4) is 5.75 Å². The van der Waals surface area contributed by atoms with Crippen LogP contribution in [0.3, 0.4) is 0 Å². The molecule has 1 N–H and O–H groups in total. The third-order valence-electron chi connectivity index (χ3n) is 5.07. The van der Waals surface area contributed by atoms with Gasteiger partial charge in [0.1, 0.15) is 17.3 Å². The summed E-state index contributed by atoms with van der Waals surface area (Å²) in [6, 6.07) is 13.4. The molecule has 4 rings (SSSR count). The predicted octanol–water partition coefficient (Wildman–Crippen LogP) is 2.08. The van der Waals surface area contributed by atoms with E-state index < -0.39 is 6.04 Å². The number of hydrogen-bond donors (Lipinski definition) is 1. The van der Waals surface area contributed by atoms with Gasteiger partial charge >= 0.3 is 0 Å². The fourth-order valence-electron chi connectivity index (χ4n) is 3.69. The van der Waals surface area contributed by atoms with Crippen LogP contribution in [0.25, 0.3) is 0 Å². The summed E-state index contributed by atoms with van der Waals surface area (Å²) in [6.07, 6.45) is 4.37. The Morgan fingerprint density at radius 1 is 1.22 bits per heavy atom.